The van der Waals surface area contributed by atoms with E-state index in [9.17, 15) is 9.59 Å². The maximum atomic E-state index is 12.6. The largest absolute Gasteiger partial charge is 0.495 e. The Morgan fingerprint density at radius 2 is 1.66 bits per heavy atom. The fraction of sp³-hybridized carbons (Fsp3) is 0.391. The molecule has 0 radical (unpaired) electrons. The first-order chi connectivity index (χ1) is 14.0. The van der Waals surface area contributed by atoms with Crippen molar-refractivity contribution in [1.29, 1.82) is 0 Å². The van der Waals surface area contributed by atoms with Gasteiger partial charge in [0.2, 0.25) is 11.8 Å². The van der Waals surface area contributed by atoms with Crippen molar-refractivity contribution in [1.82, 2.24) is 4.90 Å². The molecule has 0 unspecified atom stereocenters. The van der Waals surface area contributed by atoms with Crippen molar-refractivity contribution in [3.63, 3.8) is 0 Å². The highest BCUT2D eigenvalue weighted by Crippen LogP contribution is 2.26. The average Bonchev–Trinajstić information content (AvgIpc) is 2.72. The van der Waals surface area contributed by atoms with E-state index in [-0.39, 0.29) is 17.7 Å². The lowest BCUT2D eigenvalue weighted by atomic mass is 9.95. The number of ether oxygens (including phenoxy) is 1. The minimum absolute atomic E-state index is 0.00846. The van der Waals surface area contributed by atoms with Crippen LogP contribution in [0.2, 0.25) is 0 Å². The molecule has 1 aliphatic rings. The lowest BCUT2D eigenvalue weighted by Gasteiger charge is -2.31. The number of anilines is 2. The van der Waals surface area contributed by atoms with Crippen LogP contribution in [0.4, 0.5) is 11.4 Å². The van der Waals surface area contributed by atoms with Gasteiger partial charge in [0, 0.05) is 11.6 Å². The number of nitrogens with one attached hydrogen (secondary N) is 2. The van der Waals surface area contributed by atoms with E-state index in [4.69, 9.17) is 4.74 Å². The Labute approximate surface area is 172 Å². The van der Waals surface area contributed by atoms with E-state index in [0.717, 1.165) is 42.7 Å². The first kappa shape index (κ1) is 20.9. The van der Waals surface area contributed by atoms with Gasteiger partial charge in [-0.15, -0.1) is 0 Å². The third-order valence-electron chi connectivity index (χ3n) is 5.44. The Morgan fingerprint density at radius 3 is 2.31 bits per heavy atom. The fourth-order valence-electron chi connectivity index (χ4n) is 3.73. The van der Waals surface area contributed by atoms with Gasteiger partial charge in [0.25, 0.3) is 0 Å². The molecule has 154 valence electrons. The third kappa shape index (κ3) is 5.35. The summed E-state index contributed by atoms with van der Waals surface area (Å²) in [5.74, 6) is 0.591. The van der Waals surface area contributed by atoms with Gasteiger partial charge in [-0.05, 0) is 63.0 Å². The summed E-state index contributed by atoms with van der Waals surface area (Å²) in [5, 5.41) is 6.00. The zero-order chi connectivity index (χ0) is 20.8. The molecule has 1 heterocycles. The minimum Gasteiger partial charge on any atom is -0.495 e. The summed E-state index contributed by atoms with van der Waals surface area (Å²) in [6.07, 6.45) is 1.47. The van der Waals surface area contributed by atoms with Crippen LogP contribution < -0.4 is 15.4 Å². The number of benzene rings is 2. The van der Waals surface area contributed by atoms with Crippen molar-refractivity contribution in [2.75, 3.05) is 37.4 Å². The number of likely N-dealkylation sites (tertiary alicyclic amines) is 1. The molecule has 0 atom stereocenters. The normalized spacial score (nSPS) is 15.0. The van der Waals surface area contributed by atoms with Crippen LogP contribution in [-0.4, -0.2) is 43.5 Å². The molecule has 0 aliphatic carbocycles. The first-order valence-corrected chi connectivity index (χ1v) is 10.00. The molecule has 2 aromatic carbocycles. The predicted octanol–water partition coefficient (Wildman–Crippen LogP) is 3.60. The van der Waals surface area contributed by atoms with E-state index in [1.54, 1.807) is 7.11 Å². The maximum absolute atomic E-state index is 12.6. The van der Waals surface area contributed by atoms with Gasteiger partial charge in [-0.25, -0.2) is 0 Å². The molecule has 29 heavy (non-hydrogen) atoms. The number of aryl methyl sites for hydroxylation is 2. The van der Waals surface area contributed by atoms with E-state index >= 15 is 0 Å². The quantitative estimate of drug-likeness (QED) is 0.784. The van der Waals surface area contributed by atoms with Crippen molar-refractivity contribution >= 4 is 23.2 Å². The van der Waals surface area contributed by atoms with E-state index in [0.29, 0.717) is 18.0 Å². The summed E-state index contributed by atoms with van der Waals surface area (Å²) in [6, 6.07) is 13.4. The molecule has 1 saturated heterocycles. The van der Waals surface area contributed by atoms with Crippen LogP contribution in [-0.2, 0) is 9.59 Å². The van der Waals surface area contributed by atoms with Crippen LogP contribution in [0.3, 0.4) is 0 Å². The highest BCUT2D eigenvalue weighted by atomic mass is 16.5. The monoisotopic (exact) mass is 395 g/mol. The van der Waals surface area contributed by atoms with E-state index in [2.05, 4.69) is 15.5 Å². The average molecular weight is 396 g/mol. The van der Waals surface area contributed by atoms with Crippen molar-refractivity contribution in [2.45, 2.75) is 26.7 Å². The SMILES string of the molecule is COc1ccccc1NC(=O)C1CCN(CC(=O)Nc2c(C)cccc2C)CC1. The third-order valence-corrected chi connectivity index (χ3v) is 5.44. The fourth-order valence-corrected chi connectivity index (χ4v) is 3.73. The Kier molecular flexibility index (Phi) is 6.88. The number of carbonyl (C=O) groups is 2. The summed E-state index contributed by atoms with van der Waals surface area (Å²) < 4.78 is 5.29. The Balaban J connectivity index is 1.49. The molecule has 1 aliphatic heterocycles. The lowest BCUT2D eigenvalue weighted by molar-refractivity contribution is -0.121. The molecule has 6 heteroatoms. The molecule has 0 saturated carbocycles. The van der Waals surface area contributed by atoms with Gasteiger partial charge in [-0.1, -0.05) is 30.3 Å². The second kappa shape index (κ2) is 9.56. The lowest BCUT2D eigenvalue weighted by Crippen LogP contribution is -2.41. The van der Waals surface area contributed by atoms with Crippen molar-refractivity contribution < 1.29 is 14.3 Å². The second-order valence-electron chi connectivity index (χ2n) is 7.55. The maximum Gasteiger partial charge on any atom is 0.238 e. The van der Waals surface area contributed by atoms with Gasteiger partial charge in [0.1, 0.15) is 5.75 Å². The van der Waals surface area contributed by atoms with Gasteiger partial charge < -0.3 is 15.4 Å². The van der Waals surface area contributed by atoms with Gasteiger partial charge in [0.05, 0.1) is 19.3 Å². The molecule has 3 rings (SSSR count). The number of hydrogen-bond donors (Lipinski definition) is 2. The topological polar surface area (TPSA) is 70.7 Å². The standard InChI is InChI=1S/C23H29N3O3/c1-16-7-6-8-17(2)22(16)25-21(27)15-26-13-11-18(12-14-26)23(28)24-19-9-4-5-10-20(19)29-3/h4-10,18H,11-15H2,1-3H3,(H,24,28)(H,25,27). The predicted molar refractivity (Wildman–Crippen MR) is 115 cm³/mol. The molecule has 0 aromatic heterocycles. The molecule has 2 amide bonds. The number of piperidine rings is 1. The molecule has 0 bridgehead atoms. The summed E-state index contributed by atoms with van der Waals surface area (Å²) >= 11 is 0. The van der Waals surface area contributed by atoms with Crippen LogP contribution in [0, 0.1) is 19.8 Å². The van der Waals surface area contributed by atoms with Gasteiger partial charge in [-0.2, -0.15) is 0 Å². The van der Waals surface area contributed by atoms with Crippen molar-refractivity contribution in [3.8, 4) is 5.75 Å². The van der Waals surface area contributed by atoms with Crippen molar-refractivity contribution in [3.05, 3.63) is 53.6 Å². The van der Waals surface area contributed by atoms with Gasteiger partial charge >= 0.3 is 0 Å². The molecule has 2 aromatic rings. The summed E-state index contributed by atoms with van der Waals surface area (Å²) in [4.78, 5) is 27.2. The molecule has 2 N–H and O–H groups in total. The zero-order valence-electron chi connectivity index (χ0n) is 17.3. The number of carbonyl (C=O) groups excluding carboxylic acids is 2. The minimum atomic E-state index is -0.0576. The summed E-state index contributed by atoms with van der Waals surface area (Å²) in [6.45, 7) is 5.78. The smallest absolute Gasteiger partial charge is 0.238 e. The Bertz CT molecular complexity index is 853. The Hall–Kier alpha value is -2.86. The summed E-state index contributed by atoms with van der Waals surface area (Å²) in [5.41, 5.74) is 3.70. The molecule has 1 fully saturated rings. The van der Waals surface area contributed by atoms with E-state index < -0.39 is 0 Å². The van der Waals surface area contributed by atoms with Crippen LogP contribution in [0.15, 0.2) is 42.5 Å². The van der Waals surface area contributed by atoms with Crippen LogP contribution >= 0.6 is 0 Å². The zero-order valence-corrected chi connectivity index (χ0v) is 17.3. The number of amides is 2. The molecule has 0 spiro atoms. The van der Waals surface area contributed by atoms with E-state index in [1.165, 1.54) is 0 Å². The van der Waals surface area contributed by atoms with Crippen LogP contribution in [0.25, 0.3) is 0 Å². The van der Waals surface area contributed by atoms with Gasteiger partial charge in [0.15, 0.2) is 0 Å². The molecular formula is C23H29N3O3. The molecular weight excluding hydrogens is 366 g/mol. The van der Waals surface area contributed by atoms with Crippen LogP contribution in [0.5, 0.6) is 5.75 Å². The number of rotatable bonds is 6. The van der Waals surface area contributed by atoms with E-state index in [1.807, 2.05) is 56.3 Å². The summed E-state index contributed by atoms with van der Waals surface area (Å²) in [7, 11) is 1.59. The van der Waals surface area contributed by atoms with Gasteiger partial charge in [-0.3, -0.25) is 14.5 Å². The number of para-hydroxylation sites is 3. The molecule has 6 nitrogen and oxygen atoms in total. The number of hydrogen-bond acceptors (Lipinski definition) is 4. The highest BCUT2D eigenvalue weighted by molar-refractivity contribution is 5.94. The number of nitrogens with zero attached hydrogens (tertiary/aromatic N) is 1. The first-order valence-electron chi connectivity index (χ1n) is 10.00. The number of methoxy groups -OCH3 is 1. The van der Waals surface area contributed by atoms with Crippen molar-refractivity contribution in [2.24, 2.45) is 5.92 Å². The van der Waals surface area contributed by atoms with Crippen LogP contribution in [0.1, 0.15) is 24.0 Å². The highest BCUT2D eigenvalue weighted by Gasteiger charge is 2.26. The second-order valence-corrected chi connectivity index (χ2v) is 7.55. The Morgan fingerprint density at radius 1 is 1.00 bits per heavy atom.